The van der Waals surface area contributed by atoms with Crippen molar-refractivity contribution in [1.29, 1.82) is 0 Å². The van der Waals surface area contributed by atoms with Crippen LogP contribution in [0.3, 0.4) is 0 Å². The van der Waals surface area contributed by atoms with Crippen molar-refractivity contribution in [2.45, 2.75) is 13.8 Å². The van der Waals surface area contributed by atoms with Gasteiger partial charge in [0.1, 0.15) is 5.82 Å². The van der Waals surface area contributed by atoms with Gasteiger partial charge in [0.15, 0.2) is 0 Å². The van der Waals surface area contributed by atoms with Gasteiger partial charge >= 0.3 is 0 Å². The fraction of sp³-hybridized carbons (Fsp3) is 0.375. The lowest BCUT2D eigenvalue weighted by molar-refractivity contribution is 1.15. The Morgan fingerprint density at radius 2 is 2.40 bits per heavy atom. The van der Waals surface area contributed by atoms with Gasteiger partial charge in [0.25, 0.3) is 0 Å². The average molecular weight is 138 g/mol. The van der Waals surface area contributed by atoms with Crippen LogP contribution in [0.2, 0.25) is 0 Å². The number of aryl methyl sites for hydroxylation is 1. The first-order chi connectivity index (χ1) is 4.83. The van der Waals surface area contributed by atoms with Gasteiger partial charge < -0.3 is 5.32 Å². The van der Waals surface area contributed by atoms with Gasteiger partial charge in [-0.3, -0.25) is 0 Å². The van der Waals surface area contributed by atoms with E-state index in [2.05, 4.69) is 17.2 Å². The highest BCUT2D eigenvalue weighted by Gasteiger charge is 1.87. The van der Waals surface area contributed by atoms with Crippen molar-refractivity contribution in [2.24, 2.45) is 0 Å². The number of hydrogen-bond donors (Lipinski definition) is 1. The van der Waals surface area contributed by atoms with Crippen LogP contribution in [-0.2, 0) is 0 Å². The molecule has 0 spiro atoms. The van der Waals surface area contributed by atoms with E-state index < -0.39 is 0 Å². The molecule has 1 aromatic rings. The number of anilines is 1. The topological polar surface area (TPSA) is 24.9 Å². The molecule has 56 valence electrons. The van der Waals surface area contributed by atoms with Crippen molar-refractivity contribution < 1.29 is 1.43 Å². The summed E-state index contributed by atoms with van der Waals surface area (Å²) in [6, 6.07) is 4.03. The summed E-state index contributed by atoms with van der Waals surface area (Å²) in [6.45, 7) is 5.01. The fourth-order valence-electron chi connectivity index (χ4n) is 0.753. The van der Waals surface area contributed by atoms with Crippen LogP contribution >= 0.6 is 0 Å². The minimum Gasteiger partial charge on any atom is -0.370 e. The molecular formula is C8H14N2. The summed E-state index contributed by atoms with van der Waals surface area (Å²) in [5.41, 5.74) is 1.20. The van der Waals surface area contributed by atoms with Gasteiger partial charge in [0.05, 0.1) is 0 Å². The first-order valence-electron chi connectivity index (χ1n) is 3.49. The minimum atomic E-state index is 0. The number of rotatable bonds is 2. The third kappa shape index (κ3) is 1.72. The van der Waals surface area contributed by atoms with E-state index in [4.69, 9.17) is 0 Å². The molecule has 0 fully saturated rings. The van der Waals surface area contributed by atoms with Gasteiger partial charge in [0, 0.05) is 14.2 Å². The minimum absolute atomic E-state index is 0. The van der Waals surface area contributed by atoms with Crippen molar-refractivity contribution in [2.75, 3.05) is 11.9 Å². The Morgan fingerprint density at radius 3 is 2.90 bits per heavy atom. The summed E-state index contributed by atoms with van der Waals surface area (Å²) in [4.78, 5) is 4.16. The quantitative estimate of drug-likeness (QED) is 0.676. The molecule has 0 radical (unpaired) electrons. The Bertz CT molecular complexity index is 196. The third-order valence-electron chi connectivity index (χ3n) is 1.27. The zero-order valence-corrected chi connectivity index (χ0v) is 6.39. The molecule has 1 N–H and O–H groups in total. The maximum atomic E-state index is 4.16. The lowest BCUT2D eigenvalue weighted by Gasteiger charge is -2.00. The molecule has 0 unspecified atom stereocenters. The van der Waals surface area contributed by atoms with E-state index in [-0.39, 0.29) is 1.43 Å². The zero-order valence-electron chi connectivity index (χ0n) is 6.39. The summed E-state index contributed by atoms with van der Waals surface area (Å²) in [7, 11) is 0. The predicted molar refractivity (Wildman–Crippen MR) is 45.3 cm³/mol. The van der Waals surface area contributed by atoms with Gasteiger partial charge in [0.2, 0.25) is 0 Å². The largest absolute Gasteiger partial charge is 0.370 e. The van der Waals surface area contributed by atoms with Gasteiger partial charge in [-0.2, -0.15) is 0 Å². The van der Waals surface area contributed by atoms with Crippen molar-refractivity contribution in [1.82, 2.24) is 4.98 Å². The fourth-order valence-corrected chi connectivity index (χ4v) is 0.753. The van der Waals surface area contributed by atoms with Gasteiger partial charge in [-0.25, -0.2) is 4.98 Å². The third-order valence-corrected chi connectivity index (χ3v) is 1.27. The molecule has 0 amide bonds. The average Bonchev–Trinajstić information content (AvgIpc) is 1.95. The van der Waals surface area contributed by atoms with E-state index in [9.17, 15) is 0 Å². The molecule has 0 bridgehead atoms. The summed E-state index contributed by atoms with van der Waals surface area (Å²) >= 11 is 0. The lowest BCUT2D eigenvalue weighted by atomic mass is 10.3. The molecule has 1 heterocycles. The van der Waals surface area contributed by atoms with Crippen molar-refractivity contribution in [3.63, 3.8) is 0 Å². The normalized spacial score (nSPS) is 9.40. The molecule has 0 saturated heterocycles. The number of hydrogen-bond acceptors (Lipinski definition) is 2. The van der Waals surface area contributed by atoms with E-state index >= 15 is 0 Å². The van der Waals surface area contributed by atoms with E-state index in [1.165, 1.54) is 5.56 Å². The molecule has 10 heavy (non-hydrogen) atoms. The van der Waals surface area contributed by atoms with Crippen LogP contribution in [-0.4, -0.2) is 11.5 Å². The second kappa shape index (κ2) is 3.20. The summed E-state index contributed by atoms with van der Waals surface area (Å²) in [5, 5.41) is 3.12. The first kappa shape index (κ1) is 7.06. The molecule has 2 heteroatoms. The number of aromatic nitrogens is 1. The van der Waals surface area contributed by atoms with Crippen LogP contribution in [0, 0.1) is 6.92 Å². The van der Waals surface area contributed by atoms with Crippen LogP contribution in [0.4, 0.5) is 5.82 Å². The molecule has 0 saturated carbocycles. The second-order valence-corrected chi connectivity index (χ2v) is 2.25. The maximum absolute atomic E-state index is 4.16. The number of pyridine rings is 1. The summed E-state index contributed by atoms with van der Waals surface area (Å²) < 4.78 is 0. The monoisotopic (exact) mass is 138 g/mol. The van der Waals surface area contributed by atoms with E-state index in [1.54, 1.807) is 0 Å². The van der Waals surface area contributed by atoms with E-state index in [1.807, 2.05) is 25.3 Å². The number of nitrogens with one attached hydrogen (secondary N) is 1. The van der Waals surface area contributed by atoms with Crippen LogP contribution in [0.5, 0.6) is 0 Å². The lowest BCUT2D eigenvalue weighted by Crippen LogP contribution is -1.98. The Hall–Kier alpha value is -1.05. The molecule has 1 rings (SSSR count). The van der Waals surface area contributed by atoms with Gasteiger partial charge in [-0.1, -0.05) is 6.07 Å². The number of nitrogens with zero attached hydrogens (tertiary/aromatic N) is 1. The highest BCUT2D eigenvalue weighted by atomic mass is 15.0. The predicted octanol–water partition coefficient (Wildman–Crippen LogP) is 2.07. The van der Waals surface area contributed by atoms with Crippen LogP contribution < -0.4 is 5.32 Å². The molecule has 1 aromatic heterocycles. The molecule has 0 atom stereocenters. The van der Waals surface area contributed by atoms with Crippen molar-refractivity contribution in [3.8, 4) is 0 Å². The molecule has 0 aliphatic rings. The van der Waals surface area contributed by atoms with Crippen LogP contribution in [0.1, 0.15) is 13.9 Å². The second-order valence-electron chi connectivity index (χ2n) is 2.25. The smallest absolute Gasteiger partial charge is 0.125 e. The van der Waals surface area contributed by atoms with E-state index in [0.717, 1.165) is 12.4 Å². The molecule has 0 aliphatic carbocycles. The van der Waals surface area contributed by atoms with E-state index in [0.29, 0.717) is 0 Å². The highest BCUT2D eigenvalue weighted by molar-refractivity contribution is 5.34. The highest BCUT2D eigenvalue weighted by Crippen LogP contribution is 2.02. The van der Waals surface area contributed by atoms with Gasteiger partial charge in [-0.05, 0) is 25.5 Å². The SMILES string of the molecule is CCNc1ccc(C)cn1.[HH]. The summed E-state index contributed by atoms with van der Waals surface area (Å²) in [6.07, 6.45) is 1.86. The van der Waals surface area contributed by atoms with Crippen LogP contribution in [0.25, 0.3) is 0 Å². The summed E-state index contributed by atoms with van der Waals surface area (Å²) in [5.74, 6) is 0.952. The molecule has 0 aliphatic heterocycles. The Morgan fingerprint density at radius 1 is 1.60 bits per heavy atom. The standard InChI is InChI=1S/C8H12N2.H2/c1-3-9-8-5-4-7(2)6-10-8;/h4-6H,3H2,1-2H3,(H,9,10);1H. The zero-order chi connectivity index (χ0) is 7.40. The molecule has 0 aromatic carbocycles. The van der Waals surface area contributed by atoms with Crippen molar-refractivity contribution in [3.05, 3.63) is 23.9 Å². The van der Waals surface area contributed by atoms with Gasteiger partial charge in [-0.15, -0.1) is 0 Å². The molecular weight excluding hydrogens is 124 g/mol. The Labute approximate surface area is 62.8 Å². The molecule has 2 nitrogen and oxygen atoms in total. The van der Waals surface area contributed by atoms with Crippen LogP contribution in [0.15, 0.2) is 18.3 Å². The Kier molecular flexibility index (Phi) is 2.26. The Balaban J connectivity index is 0.000001000. The first-order valence-corrected chi connectivity index (χ1v) is 3.49. The maximum Gasteiger partial charge on any atom is 0.125 e. The van der Waals surface area contributed by atoms with Crippen molar-refractivity contribution >= 4 is 5.82 Å².